The van der Waals surface area contributed by atoms with Crippen molar-refractivity contribution < 1.29 is 14.5 Å². The Morgan fingerprint density at radius 2 is 1.14 bits per heavy atom. The summed E-state index contributed by atoms with van der Waals surface area (Å²) >= 11 is 0. The first-order valence-electron chi connectivity index (χ1n) is 10.5. The molecule has 7 nitrogen and oxygen atoms in total. The lowest BCUT2D eigenvalue weighted by molar-refractivity contribution is -0.384. The van der Waals surface area contributed by atoms with Gasteiger partial charge in [0, 0.05) is 49.4 Å². The highest BCUT2D eigenvalue weighted by Crippen LogP contribution is 2.27. The van der Waals surface area contributed by atoms with Crippen LogP contribution in [0.3, 0.4) is 0 Å². The number of hydrogen-bond donors (Lipinski definition) is 0. The number of rotatable bonds is 3. The van der Waals surface area contributed by atoms with Crippen LogP contribution in [0.1, 0.15) is 61.3 Å². The molecule has 0 radical (unpaired) electrons. The molecular weight excluding hydrogens is 370 g/mol. The standard InChI is InChI=1S/C22H31N3O4/c1-14-5-15(2)11-23(10-14)21(26)18-7-19(9-20(8-18)25(28)29)22(27)24-12-16(3)6-17(4)13-24/h7-9,14-17H,5-6,10-13H2,1-4H3. The predicted octanol–water partition coefficient (Wildman–Crippen LogP) is 3.83. The molecule has 0 N–H and O–H groups in total. The van der Waals surface area contributed by atoms with Gasteiger partial charge in [-0.1, -0.05) is 27.7 Å². The highest BCUT2D eigenvalue weighted by atomic mass is 16.6. The molecule has 0 saturated carbocycles. The summed E-state index contributed by atoms with van der Waals surface area (Å²) in [6, 6.07) is 4.13. The molecule has 7 heteroatoms. The van der Waals surface area contributed by atoms with Crippen molar-refractivity contribution in [3.63, 3.8) is 0 Å². The summed E-state index contributed by atoms with van der Waals surface area (Å²) in [4.78, 5) is 40.7. The molecule has 2 fully saturated rings. The van der Waals surface area contributed by atoms with E-state index in [2.05, 4.69) is 27.7 Å². The van der Waals surface area contributed by atoms with Gasteiger partial charge < -0.3 is 9.80 Å². The minimum Gasteiger partial charge on any atom is -0.338 e. The van der Waals surface area contributed by atoms with Gasteiger partial charge in [0.1, 0.15) is 0 Å². The Morgan fingerprint density at radius 3 is 1.45 bits per heavy atom. The number of carbonyl (C=O) groups excluding carboxylic acids is 2. The smallest absolute Gasteiger partial charge is 0.271 e. The van der Waals surface area contributed by atoms with Crippen molar-refractivity contribution in [1.82, 2.24) is 9.80 Å². The van der Waals surface area contributed by atoms with Crippen LogP contribution in [-0.2, 0) is 0 Å². The van der Waals surface area contributed by atoms with Gasteiger partial charge in [0.15, 0.2) is 0 Å². The van der Waals surface area contributed by atoms with Gasteiger partial charge in [-0.05, 0) is 42.6 Å². The van der Waals surface area contributed by atoms with E-state index in [-0.39, 0.29) is 28.6 Å². The Balaban J connectivity index is 1.90. The predicted molar refractivity (Wildman–Crippen MR) is 111 cm³/mol. The van der Waals surface area contributed by atoms with E-state index >= 15 is 0 Å². The summed E-state index contributed by atoms with van der Waals surface area (Å²) in [5, 5.41) is 11.5. The Hall–Kier alpha value is -2.44. The van der Waals surface area contributed by atoms with Crippen molar-refractivity contribution in [3.8, 4) is 0 Å². The molecular formula is C22H31N3O4. The SMILES string of the molecule is CC1CC(C)CN(C(=O)c2cc(C(=O)N3CC(C)CC(C)C3)cc([N+](=O)[O-])c2)C1. The topological polar surface area (TPSA) is 83.8 Å². The fraction of sp³-hybridized carbons (Fsp3) is 0.636. The molecule has 2 heterocycles. The minimum absolute atomic E-state index is 0.213. The third-order valence-electron chi connectivity index (χ3n) is 5.93. The van der Waals surface area contributed by atoms with Gasteiger partial charge in [-0.25, -0.2) is 0 Å². The second-order valence-electron chi connectivity index (χ2n) is 9.34. The van der Waals surface area contributed by atoms with E-state index in [4.69, 9.17) is 0 Å². The van der Waals surface area contributed by atoms with Crippen molar-refractivity contribution in [1.29, 1.82) is 0 Å². The molecule has 0 spiro atoms. The van der Waals surface area contributed by atoms with Crippen LogP contribution in [0, 0.1) is 33.8 Å². The largest absolute Gasteiger partial charge is 0.338 e. The summed E-state index contributed by atoms with van der Waals surface area (Å²) in [7, 11) is 0. The van der Waals surface area contributed by atoms with E-state index < -0.39 is 4.92 Å². The highest BCUT2D eigenvalue weighted by molar-refractivity contribution is 6.00. The Morgan fingerprint density at radius 1 is 0.793 bits per heavy atom. The van der Waals surface area contributed by atoms with Crippen LogP contribution in [-0.4, -0.2) is 52.7 Å². The van der Waals surface area contributed by atoms with Crippen LogP contribution in [0.5, 0.6) is 0 Å². The number of amides is 2. The second-order valence-corrected chi connectivity index (χ2v) is 9.34. The van der Waals surface area contributed by atoms with Gasteiger partial charge in [0.05, 0.1) is 4.92 Å². The molecule has 2 aliphatic rings. The maximum Gasteiger partial charge on any atom is 0.271 e. The normalized spacial score (nSPS) is 27.6. The molecule has 0 aromatic heterocycles. The van der Waals surface area contributed by atoms with E-state index in [0.717, 1.165) is 12.8 Å². The van der Waals surface area contributed by atoms with Crippen molar-refractivity contribution in [2.24, 2.45) is 23.7 Å². The number of piperidine rings is 2. The lowest BCUT2D eigenvalue weighted by atomic mass is 9.91. The number of non-ortho nitro benzene ring substituents is 1. The summed E-state index contributed by atoms with van der Waals surface area (Å²) < 4.78 is 0. The van der Waals surface area contributed by atoms with Crippen LogP contribution in [0.15, 0.2) is 18.2 Å². The van der Waals surface area contributed by atoms with Crippen molar-refractivity contribution in [3.05, 3.63) is 39.4 Å². The zero-order valence-electron chi connectivity index (χ0n) is 17.8. The number of likely N-dealkylation sites (tertiary alicyclic amines) is 2. The van der Waals surface area contributed by atoms with E-state index in [1.54, 1.807) is 9.80 Å². The monoisotopic (exact) mass is 401 g/mol. The molecule has 3 rings (SSSR count). The van der Waals surface area contributed by atoms with Gasteiger partial charge in [0.25, 0.3) is 17.5 Å². The van der Waals surface area contributed by atoms with Crippen LogP contribution in [0.25, 0.3) is 0 Å². The van der Waals surface area contributed by atoms with Gasteiger partial charge >= 0.3 is 0 Å². The average Bonchev–Trinajstić information content (AvgIpc) is 2.64. The number of nitro benzene ring substituents is 1. The number of hydrogen-bond acceptors (Lipinski definition) is 4. The van der Waals surface area contributed by atoms with E-state index in [1.807, 2.05) is 0 Å². The maximum absolute atomic E-state index is 13.1. The van der Waals surface area contributed by atoms with Crippen LogP contribution in [0.4, 0.5) is 5.69 Å². The number of benzene rings is 1. The molecule has 2 saturated heterocycles. The maximum atomic E-state index is 13.1. The summed E-state index contributed by atoms with van der Waals surface area (Å²) in [6.07, 6.45) is 2.13. The third-order valence-corrected chi connectivity index (χ3v) is 5.93. The van der Waals surface area contributed by atoms with Crippen LogP contribution >= 0.6 is 0 Å². The first kappa shape index (κ1) is 21.3. The summed E-state index contributed by atoms with van der Waals surface area (Å²) in [6.45, 7) is 11.0. The molecule has 4 unspecified atom stereocenters. The summed E-state index contributed by atoms with van der Waals surface area (Å²) in [5.41, 5.74) is 0.235. The highest BCUT2D eigenvalue weighted by Gasteiger charge is 2.30. The van der Waals surface area contributed by atoms with Gasteiger partial charge in [-0.2, -0.15) is 0 Å². The molecule has 2 amide bonds. The molecule has 1 aromatic rings. The van der Waals surface area contributed by atoms with E-state index in [0.29, 0.717) is 49.9 Å². The Kier molecular flexibility index (Phi) is 6.24. The first-order valence-corrected chi connectivity index (χ1v) is 10.5. The van der Waals surface area contributed by atoms with Crippen molar-refractivity contribution >= 4 is 17.5 Å². The van der Waals surface area contributed by atoms with Crippen LogP contribution in [0.2, 0.25) is 0 Å². The molecule has 0 aliphatic carbocycles. The van der Waals surface area contributed by atoms with Crippen molar-refractivity contribution in [2.75, 3.05) is 26.2 Å². The number of nitrogens with zero attached hydrogens (tertiary/aromatic N) is 3. The average molecular weight is 402 g/mol. The minimum atomic E-state index is -0.531. The quantitative estimate of drug-likeness (QED) is 0.569. The Bertz CT molecular complexity index is 733. The zero-order chi connectivity index (χ0) is 21.3. The van der Waals surface area contributed by atoms with Gasteiger partial charge in [-0.15, -0.1) is 0 Å². The second kappa shape index (κ2) is 8.51. The fourth-order valence-electron chi connectivity index (χ4n) is 4.99. The van der Waals surface area contributed by atoms with Gasteiger partial charge in [-0.3, -0.25) is 19.7 Å². The van der Waals surface area contributed by atoms with E-state index in [9.17, 15) is 19.7 Å². The molecule has 29 heavy (non-hydrogen) atoms. The number of nitro groups is 1. The fourth-order valence-corrected chi connectivity index (χ4v) is 4.99. The van der Waals surface area contributed by atoms with Crippen molar-refractivity contribution in [2.45, 2.75) is 40.5 Å². The number of carbonyl (C=O) groups is 2. The van der Waals surface area contributed by atoms with Gasteiger partial charge in [0.2, 0.25) is 0 Å². The lowest BCUT2D eigenvalue weighted by Crippen LogP contribution is -2.43. The molecule has 1 aromatic carbocycles. The summed E-state index contributed by atoms with van der Waals surface area (Å²) in [5.74, 6) is 1.08. The third kappa shape index (κ3) is 4.95. The Labute approximate surface area is 172 Å². The molecule has 0 bridgehead atoms. The first-order chi connectivity index (χ1) is 13.6. The van der Waals surface area contributed by atoms with E-state index in [1.165, 1.54) is 18.2 Å². The lowest BCUT2D eigenvalue weighted by Gasteiger charge is -2.35. The molecule has 2 aliphatic heterocycles. The molecule has 158 valence electrons. The molecule has 4 atom stereocenters. The van der Waals surface area contributed by atoms with Crippen LogP contribution < -0.4 is 0 Å². The zero-order valence-corrected chi connectivity index (χ0v) is 17.8.